The second-order valence-electron chi connectivity index (χ2n) is 5.83. The second kappa shape index (κ2) is 7.04. The van der Waals surface area contributed by atoms with Crippen LogP contribution in [0.2, 0.25) is 0 Å². The van der Waals surface area contributed by atoms with E-state index in [-0.39, 0.29) is 25.1 Å². The Morgan fingerprint density at radius 2 is 2.13 bits per heavy atom. The van der Waals surface area contributed by atoms with Gasteiger partial charge < -0.3 is 14.7 Å². The first-order valence-electron chi connectivity index (χ1n) is 7.32. The third kappa shape index (κ3) is 3.67. The molecule has 5 nitrogen and oxygen atoms in total. The summed E-state index contributed by atoms with van der Waals surface area (Å²) < 4.78 is 31.9. The van der Waals surface area contributed by atoms with Crippen molar-refractivity contribution >= 4 is 11.9 Å². The van der Waals surface area contributed by atoms with Crippen LogP contribution in [0.25, 0.3) is 0 Å². The number of amides is 1. The molecule has 7 heteroatoms. The number of carbonyl (C=O) groups excluding carboxylic acids is 1. The molecule has 1 saturated heterocycles. The van der Waals surface area contributed by atoms with Gasteiger partial charge in [-0.1, -0.05) is 12.1 Å². The van der Waals surface area contributed by atoms with E-state index in [1.165, 1.54) is 24.1 Å². The summed E-state index contributed by atoms with van der Waals surface area (Å²) in [4.78, 5) is 25.3. The van der Waals surface area contributed by atoms with Crippen molar-refractivity contribution in [3.05, 3.63) is 35.4 Å². The van der Waals surface area contributed by atoms with Crippen molar-refractivity contribution in [3.63, 3.8) is 0 Å². The molecule has 23 heavy (non-hydrogen) atoms. The van der Waals surface area contributed by atoms with Gasteiger partial charge in [0.15, 0.2) is 11.6 Å². The zero-order valence-electron chi connectivity index (χ0n) is 12.8. The van der Waals surface area contributed by atoms with E-state index in [9.17, 15) is 23.5 Å². The summed E-state index contributed by atoms with van der Waals surface area (Å²) in [6, 6.07) is 3.67. The van der Waals surface area contributed by atoms with E-state index in [0.717, 1.165) is 6.07 Å². The Morgan fingerprint density at radius 1 is 1.39 bits per heavy atom. The van der Waals surface area contributed by atoms with Gasteiger partial charge in [-0.15, -0.1) is 0 Å². The summed E-state index contributed by atoms with van der Waals surface area (Å²) in [7, 11) is 1.41. The molecule has 0 saturated carbocycles. The highest BCUT2D eigenvalue weighted by molar-refractivity contribution is 5.81. The molecule has 2 rings (SSSR count). The van der Waals surface area contributed by atoms with Crippen molar-refractivity contribution in [2.75, 3.05) is 26.8 Å². The fourth-order valence-corrected chi connectivity index (χ4v) is 2.93. The number of aliphatic carboxylic acids is 1. The van der Waals surface area contributed by atoms with E-state index in [2.05, 4.69) is 0 Å². The summed E-state index contributed by atoms with van der Waals surface area (Å²) >= 11 is 0. The Hall–Kier alpha value is -2.02. The smallest absolute Gasteiger partial charge is 0.313 e. The number of benzene rings is 1. The van der Waals surface area contributed by atoms with Crippen LogP contribution in [0.1, 0.15) is 18.4 Å². The predicted octanol–water partition coefficient (Wildman–Crippen LogP) is 1.85. The number of methoxy groups -OCH3 is 1. The summed E-state index contributed by atoms with van der Waals surface area (Å²) in [6.07, 6.45) is 0.633. The van der Waals surface area contributed by atoms with Gasteiger partial charge in [-0.3, -0.25) is 9.59 Å². The fraction of sp³-hybridized carbons (Fsp3) is 0.500. The lowest BCUT2D eigenvalue weighted by molar-refractivity contribution is -0.159. The predicted molar refractivity (Wildman–Crippen MR) is 77.8 cm³/mol. The van der Waals surface area contributed by atoms with Crippen molar-refractivity contribution in [1.29, 1.82) is 0 Å². The molecule has 0 spiro atoms. The van der Waals surface area contributed by atoms with Gasteiger partial charge in [-0.05, 0) is 18.9 Å². The topological polar surface area (TPSA) is 66.8 Å². The summed E-state index contributed by atoms with van der Waals surface area (Å²) in [5.74, 6) is -3.49. The minimum absolute atomic E-state index is 0.000436. The van der Waals surface area contributed by atoms with Crippen LogP contribution in [-0.2, 0) is 20.7 Å². The Morgan fingerprint density at radius 3 is 2.78 bits per heavy atom. The molecule has 0 bridgehead atoms. The molecule has 1 atom stereocenters. The van der Waals surface area contributed by atoms with Gasteiger partial charge >= 0.3 is 5.97 Å². The summed E-state index contributed by atoms with van der Waals surface area (Å²) in [6.45, 7) is 0.404. The molecule has 126 valence electrons. The Bertz CT molecular complexity index is 604. The van der Waals surface area contributed by atoms with E-state index >= 15 is 0 Å². The van der Waals surface area contributed by atoms with Crippen LogP contribution in [0.5, 0.6) is 0 Å². The van der Waals surface area contributed by atoms with Crippen LogP contribution in [0.15, 0.2) is 18.2 Å². The number of nitrogens with zero attached hydrogens (tertiary/aromatic N) is 1. The SMILES string of the molecule is COCC1(C(=O)O)CCCN(C(=O)Cc2cccc(F)c2F)C1. The molecule has 0 radical (unpaired) electrons. The molecule has 0 aromatic heterocycles. The van der Waals surface area contributed by atoms with Crippen molar-refractivity contribution in [3.8, 4) is 0 Å². The Labute approximate surface area is 132 Å². The van der Waals surface area contributed by atoms with Crippen LogP contribution in [0.4, 0.5) is 8.78 Å². The standard InChI is InChI=1S/C16H19F2NO4/c1-23-10-16(15(21)22)6-3-7-19(9-16)13(20)8-11-4-2-5-12(17)14(11)18/h2,4-5H,3,6-10H2,1H3,(H,21,22). The zero-order valence-corrected chi connectivity index (χ0v) is 12.8. The zero-order chi connectivity index (χ0) is 17.0. The minimum atomic E-state index is -1.15. The van der Waals surface area contributed by atoms with Crippen molar-refractivity contribution in [2.24, 2.45) is 5.41 Å². The molecular formula is C16H19F2NO4. The lowest BCUT2D eigenvalue weighted by atomic mass is 9.80. The van der Waals surface area contributed by atoms with E-state index < -0.39 is 28.9 Å². The van der Waals surface area contributed by atoms with E-state index in [4.69, 9.17) is 4.74 Å². The number of carbonyl (C=O) groups is 2. The third-order valence-corrected chi connectivity index (χ3v) is 4.18. The Kier molecular flexibility index (Phi) is 5.30. The number of ether oxygens (including phenoxy) is 1. The van der Waals surface area contributed by atoms with Crippen molar-refractivity contribution in [1.82, 2.24) is 4.90 Å². The van der Waals surface area contributed by atoms with Gasteiger partial charge in [0.05, 0.1) is 13.0 Å². The van der Waals surface area contributed by atoms with E-state index in [1.54, 1.807) is 0 Å². The molecular weight excluding hydrogens is 308 g/mol. The maximum atomic E-state index is 13.7. The van der Waals surface area contributed by atoms with Gasteiger partial charge in [-0.2, -0.15) is 0 Å². The van der Waals surface area contributed by atoms with Crippen LogP contribution >= 0.6 is 0 Å². The number of carboxylic acid groups (broad SMARTS) is 1. The molecule has 1 fully saturated rings. The van der Waals surface area contributed by atoms with Gasteiger partial charge in [0.25, 0.3) is 0 Å². The monoisotopic (exact) mass is 327 g/mol. The number of halogens is 2. The number of hydrogen-bond acceptors (Lipinski definition) is 3. The number of rotatable bonds is 5. The molecule has 1 amide bonds. The van der Waals surface area contributed by atoms with Crippen LogP contribution < -0.4 is 0 Å². The summed E-state index contributed by atoms with van der Waals surface area (Å²) in [5, 5.41) is 9.46. The highest BCUT2D eigenvalue weighted by atomic mass is 19.2. The fourth-order valence-electron chi connectivity index (χ4n) is 2.93. The van der Waals surface area contributed by atoms with Gasteiger partial charge in [-0.25, -0.2) is 8.78 Å². The molecule has 1 aromatic rings. The highest BCUT2D eigenvalue weighted by Gasteiger charge is 2.43. The third-order valence-electron chi connectivity index (χ3n) is 4.18. The molecule has 1 unspecified atom stereocenters. The molecule has 1 aliphatic rings. The summed E-state index contributed by atoms with van der Waals surface area (Å²) in [5.41, 5.74) is -1.18. The normalized spacial score (nSPS) is 21.3. The van der Waals surface area contributed by atoms with Crippen molar-refractivity contribution < 1.29 is 28.2 Å². The van der Waals surface area contributed by atoms with Gasteiger partial charge in [0.1, 0.15) is 5.41 Å². The lowest BCUT2D eigenvalue weighted by Gasteiger charge is -2.39. The maximum absolute atomic E-state index is 13.7. The molecule has 1 N–H and O–H groups in total. The average Bonchev–Trinajstić information content (AvgIpc) is 2.52. The van der Waals surface area contributed by atoms with E-state index in [0.29, 0.717) is 19.4 Å². The largest absolute Gasteiger partial charge is 0.481 e. The van der Waals surface area contributed by atoms with Crippen LogP contribution in [-0.4, -0.2) is 48.7 Å². The lowest BCUT2D eigenvalue weighted by Crippen LogP contribution is -2.52. The van der Waals surface area contributed by atoms with Crippen LogP contribution in [0, 0.1) is 17.0 Å². The first kappa shape index (κ1) is 17.3. The molecule has 1 aromatic carbocycles. The number of likely N-dealkylation sites (tertiary alicyclic amines) is 1. The highest BCUT2D eigenvalue weighted by Crippen LogP contribution is 2.31. The van der Waals surface area contributed by atoms with E-state index in [1.807, 2.05) is 0 Å². The minimum Gasteiger partial charge on any atom is -0.481 e. The second-order valence-corrected chi connectivity index (χ2v) is 5.83. The molecule has 1 heterocycles. The molecule has 0 aliphatic carbocycles. The van der Waals surface area contributed by atoms with Crippen LogP contribution in [0.3, 0.4) is 0 Å². The van der Waals surface area contributed by atoms with Gasteiger partial charge in [0.2, 0.25) is 5.91 Å². The number of carboxylic acids is 1. The molecule has 1 aliphatic heterocycles. The van der Waals surface area contributed by atoms with Gasteiger partial charge in [0, 0.05) is 25.8 Å². The first-order chi connectivity index (χ1) is 10.9. The quantitative estimate of drug-likeness (QED) is 0.896. The number of hydrogen-bond donors (Lipinski definition) is 1. The average molecular weight is 327 g/mol. The first-order valence-corrected chi connectivity index (χ1v) is 7.32. The maximum Gasteiger partial charge on any atom is 0.313 e. The Balaban J connectivity index is 2.13. The number of piperidine rings is 1. The van der Waals surface area contributed by atoms with Crippen molar-refractivity contribution in [2.45, 2.75) is 19.3 Å².